The highest BCUT2D eigenvalue weighted by Gasteiger charge is 2.25. The molecule has 1 unspecified atom stereocenters. The molecular formula is C60H72O2S. The lowest BCUT2D eigenvalue weighted by molar-refractivity contribution is -0.106. The Hall–Kier alpha value is -6.29. The molecule has 3 heteroatoms. The zero-order chi connectivity index (χ0) is 46.6. The Morgan fingerprint density at radius 3 is 0.841 bits per heavy atom. The third-order valence-electron chi connectivity index (χ3n) is 9.18. The van der Waals surface area contributed by atoms with E-state index >= 15 is 0 Å². The fourth-order valence-electron chi connectivity index (χ4n) is 5.58. The molecule has 0 heterocycles. The number of allylic oxidation sites excluding steroid dienone is 4. The summed E-state index contributed by atoms with van der Waals surface area (Å²) in [6.07, 6.45) is 11.8. The minimum Gasteiger partial charge on any atom is -0.304 e. The molecule has 8 rings (SSSR count). The summed E-state index contributed by atoms with van der Waals surface area (Å²) in [4.78, 5) is 21.8. The summed E-state index contributed by atoms with van der Waals surface area (Å²) in [5.41, 5.74) is 8.00. The Balaban J connectivity index is 0.000000397. The predicted molar refractivity (Wildman–Crippen MR) is 277 cm³/mol. The van der Waals surface area contributed by atoms with Crippen molar-refractivity contribution < 1.29 is 9.59 Å². The van der Waals surface area contributed by atoms with Crippen LogP contribution < -0.4 is 0 Å². The number of hydrogen-bond donors (Lipinski definition) is 0. The first-order valence-electron chi connectivity index (χ1n) is 21.6. The van der Waals surface area contributed by atoms with Crippen LogP contribution in [0.3, 0.4) is 0 Å². The van der Waals surface area contributed by atoms with Gasteiger partial charge in [0.25, 0.3) is 0 Å². The molecule has 1 aliphatic rings. The van der Waals surface area contributed by atoms with Crippen molar-refractivity contribution in [1.29, 1.82) is 0 Å². The molecule has 330 valence electrons. The van der Waals surface area contributed by atoms with Crippen molar-refractivity contribution >= 4 is 22.6 Å². The summed E-state index contributed by atoms with van der Waals surface area (Å²) >= 11 is 0. The van der Waals surface area contributed by atoms with Crippen LogP contribution in [0.2, 0.25) is 0 Å². The second kappa shape index (κ2) is 34.3. The molecule has 0 saturated heterocycles. The summed E-state index contributed by atoms with van der Waals surface area (Å²) in [6, 6.07) is 71.8. The molecule has 0 bridgehead atoms. The van der Waals surface area contributed by atoms with Crippen molar-refractivity contribution in [2.75, 3.05) is 6.26 Å². The van der Waals surface area contributed by atoms with Gasteiger partial charge in [-0.3, -0.25) is 0 Å². The van der Waals surface area contributed by atoms with E-state index in [9.17, 15) is 0 Å². The quantitative estimate of drug-likeness (QED) is 0.166. The first kappa shape index (κ1) is 54.7. The van der Waals surface area contributed by atoms with Gasteiger partial charge in [0.15, 0.2) is 0 Å². The van der Waals surface area contributed by atoms with E-state index in [0.717, 1.165) is 18.5 Å². The monoisotopic (exact) mass is 857 g/mol. The summed E-state index contributed by atoms with van der Waals surface area (Å²) in [6.45, 7) is 17.7. The number of carbonyl (C=O) groups excluding carboxylic acids is 2. The number of rotatable bonds is 3. The lowest BCUT2D eigenvalue weighted by Crippen LogP contribution is -2.01. The van der Waals surface area contributed by atoms with Gasteiger partial charge in [-0.1, -0.05) is 228 Å². The van der Waals surface area contributed by atoms with Gasteiger partial charge in [-0.25, -0.2) is 0 Å². The lowest BCUT2D eigenvalue weighted by Gasteiger charge is -2.37. The van der Waals surface area contributed by atoms with Crippen LogP contribution >= 0.6 is 10.0 Å². The van der Waals surface area contributed by atoms with E-state index in [1.807, 2.05) is 72.8 Å². The first-order valence-corrected chi connectivity index (χ1v) is 23.6. The predicted octanol–water partition coefficient (Wildman–Crippen LogP) is 16.8. The maximum atomic E-state index is 8.81. The van der Waals surface area contributed by atoms with Crippen LogP contribution in [0, 0.1) is 40.5 Å². The molecule has 0 radical (unpaired) electrons. The van der Waals surface area contributed by atoms with Gasteiger partial charge in [0, 0.05) is 0 Å². The largest absolute Gasteiger partial charge is 0.304 e. The highest BCUT2D eigenvalue weighted by Crippen LogP contribution is 2.65. The van der Waals surface area contributed by atoms with Crippen LogP contribution in [0.5, 0.6) is 0 Å². The lowest BCUT2D eigenvalue weighted by atomic mass is 10.00. The molecule has 0 saturated carbocycles. The van der Waals surface area contributed by atoms with E-state index < -0.39 is 10.0 Å². The molecule has 63 heavy (non-hydrogen) atoms. The zero-order valence-electron chi connectivity index (χ0n) is 39.5. The Bertz CT molecular complexity index is 2000. The van der Waals surface area contributed by atoms with Gasteiger partial charge in [0.2, 0.25) is 0 Å². The molecule has 0 aliphatic heterocycles. The van der Waals surface area contributed by atoms with E-state index in [0.29, 0.717) is 0 Å². The fraction of sp³-hybridized carbons (Fsp3) is 0.200. The standard InChI is InChI=1S/C20H20S.C8H12.4C7H8.2C2H4O/c1-17-13-15-20(16-14-17)21(2,18-9-5-3-6-10-18)19-11-7-4-8-12-19;1-7-3-5-8(2)6-4-7;4*1-7-5-3-2-4-6-7;2*1-2-3/h3-16H,1-2H3;3-5,8H,6H2,1-2H3;4*2-6H,1H3;2*2H,1H3. The molecule has 0 aromatic heterocycles. The first-order chi connectivity index (χ1) is 30.4. The van der Waals surface area contributed by atoms with Crippen LogP contribution in [0.15, 0.2) is 245 Å². The van der Waals surface area contributed by atoms with Gasteiger partial charge < -0.3 is 9.59 Å². The molecule has 7 aromatic carbocycles. The Morgan fingerprint density at radius 1 is 0.397 bits per heavy atom. The van der Waals surface area contributed by atoms with E-state index in [1.165, 1.54) is 68.3 Å². The molecule has 0 N–H and O–H groups in total. The smallest absolute Gasteiger partial charge is 0.116 e. The second-order valence-corrected chi connectivity index (χ2v) is 18.2. The van der Waals surface area contributed by atoms with Gasteiger partial charge in [0.1, 0.15) is 12.6 Å². The Morgan fingerprint density at radius 2 is 0.635 bits per heavy atom. The maximum Gasteiger partial charge on any atom is 0.116 e. The van der Waals surface area contributed by atoms with E-state index in [2.05, 4.69) is 206 Å². The van der Waals surface area contributed by atoms with Crippen LogP contribution in [-0.4, -0.2) is 18.8 Å². The molecule has 1 atom stereocenters. The average molecular weight is 857 g/mol. The van der Waals surface area contributed by atoms with Crippen molar-refractivity contribution in [3.8, 4) is 0 Å². The zero-order valence-corrected chi connectivity index (χ0v) is 40.3. The summed E-state index contributed by atoms with van der Waals surface area (Å²) in [7, 11) is -1.19. The molecule has 0 spiro atoms. The van der Waals surface area contributed by atoms with Gasteiger partial charge in [0.05, 0.1) is 0 Å². The van der Waals surface area contributed by atoms with Gasteiger partial charge in [-0.05, 0) is 125 Å². The summed E-state index contributed by atoms with van der Waals surface area (Å²) in [5, 5.41) is 0. The average Bonchev–Trinajstić information content (AvgIpc) is 3.31. The van der Waals surface area contributed by atoms with Crippen molar-refractivity contribution in [3.05, 3.63) is 258 Å². The number of aryl methyl sites for hydroxylation is 5. The van der Waals surface area contributed by atoms with Crippen molar-refractivity contribution in [2.45, 2.75) is 83.4 Å². The summed E-state index contributed by atoms with van der Waals surface area (Å²) in [5.74, 6) is 0.763. The number of carbonyl (C=O) groups is 2. The van der Waals surface area contributed by atoms with Crippen LogP contribution in [0.4, 0.5) is 0 Å². The van der Waals surface area contributed by atoms with Gasteiger partial charge in [-0.15, -0.1) is 0 Å². The van der Waals surface area contributed by atoms with Crippen LogP contribution in [0.25, 0.3) is 0 Å². The molecule has 0 amide bonds. The number of hydrogen-bond acceptors (Lipinski definition) is 2. The van der Waals surface area contributed by atoms with Crippen LogP contribution in [0.1, 0.15) is 61.9 Å². The van der Waals surface area contributed by atoms with E-state index in [1.54, 1.807) is 0 Å². The minimum atomic E-state index is -1.19. The normalized spacial score (nSPS) is 11.8. The van der Waals surface area contributed by atoms with Crippen molar-refractivity contribution in [2.24, 2.45) is 5.92 Å². The Kier molecular flexibility index (Phi) is 29.8. The second-order valence-electron chi connectivity index (χ2n) is 15.0. The van der Waals surface area contributed by atoms with E-state index in [4.69, 9.17) is 9.59 Å². The fourth-order valence-corrected chi connectivity index (χ4v) is 8.48. The number of aldehydes is 2. The van der Waals surface area contributed by atoms with Crippen molar-refractivity contribution in [3.63, 3.8) is 0 Å². The third kappa shape index (κ3) is 25.3. The highest BCUT2D eigenvalue weighted by atomic mass is 32.3. The molecule has 2 nitrogen and oxygen atoms in total. The van der Waals surface area contributed by atoms with E-state index in [-0.39, 0.29) is 0 Å². The topological polar surface area (TPSA) is 34.1 Å². The van der Waals surface area contributed by atoms with Crippen LogP contribution in [-0.2, 0) is 9.59 Å². The molecule has 1 aliphatic carbocycles. The number of benzene rings is 7. The highest BCUT2D eigenvalue weighted by molar-refractivity contribution is 8.33. The SMILES string of the molecule is CC1=CCC(C)C=C1.CC=O.CC=O.Cc1ccc(S(C)(c2ccccc2)c2ccccc2)cc1.Cc1ccccc1.Cc1ccccc1.Cc1ccccc1.Cc1ccccc1. The maximum absolute atomic E-state index is 8.81. The third-order valence-corrected chi connectivity index (χ3v) is 12.8. The Labute approximate surface area is 383 Å². The van der Waals surface area contributed by atoms with Gasteiger partial charge >= 0.3 is 0 Å². The van der Waals surface area contributed by atoms with Crippen molar-refractivity contribution in [1.82, 2.24) is 0 Å². The molecular weight excluding hydrogens is 785 g/mol. The minimum absolute atomic E-state index is 0.750. The summed E-state index contributed by atoms with van der Waals surface area (Å²) < 4.78 is 0. The molecule has 0 fully saturated rings. The van der Waals surface area contributed by atoms with Gasteiger partial charge in [-0.2, -0.15) is 10.0 Å². The molecule has 7 aromatic rings.